The van der Waals surface area contributed by atoms with Crippen molar-refractivity contribution in [2.45, 2.75) is 0 Å². The summed E-state index contributed by atoms with van der Waals surface area (Å²) in [6, 6.07) is 19.4. The molecule has 2 rings (SSSR count). The maximum Gasteiger partial charge on any atom is 1.00 e. The van der Waals surface area contributed by atoms with Crippen molar-refractivity contribution in [2.75, 3.05) is 0 Å². The van der Waals surface area contributed by atoms with Gasteiger partial charge in [-0.05, 0) is 0 Å². The number of benzene rings is 2. The molecule has 0 fully saturated rings. The molecule has 0 heterocycles. The monoisotopic (exact) mass is 222 g/mol. The van der Waals surface area contributed by atoms with E-state index >= 15 is 0 Å². The van der Waals surface area contributed by atoms with E-state index < -0.39 is 0 Å². The molecule has 80 valence electrons. The third kappa shape index (κ3) is 5.09. The molecule has 0 saturated heterocycles. The third-order valence-electron chi connectivity index (χ3n) is 2.15. The van der Waals surface area contributed by atoms with Crippen LogP contribution in [0.2, 0.25) is 0 Å². The van der Waals surface area contributed by atoms with E-state index in [1.807, 2.05) is 60.7 Å². The van der Waals surface area contributed by atoms with Gasteiger partial charge in [-0.3, -0.25) is 0 Å². The molecule has 0 bridgehead atoms. The summed E-state index contributed by atoms with van der Waals surface area (Å²) in [5.41, 5.74) is 6.60. The molecule has 0 aromatic heterocycles. The number of rotatable bonds is 3. The molecule has 4 heteroatoms. The quantitative estimate of drug-likeness (QED) is 0.247. The molecule has 0 unspecified atom stereocenters. The van der Waals surface area contributed by atoms with Gasteiger partial charge in [0.15, 0.2) is 0 Å². The first kappa shape index (κ1) is 17.0. The van der Waals surface area contributed by atoms with Gasteiger partial charge in [0.25, 0.3) is 0 Å². The molecular formula is C14H12Li2N2. The van der Waals surface area contributed by atoms with Crippen LogP contribution in [0.1, 0.15) is 5.56 Å². The van der Waals surface area contributed by atoms with Crippen LogP contribution in [0.25, 0.3) is 5.43 Å². The zero-order valence-corrected chi connectivity index (χ0v) is 10.9. The number of nitrogens with zero attached hydrogens (tertiary/aromatic N) is 2. The van der Waals surface area contributed by atoms with Gasteiger partial charge in [-0.15, -0.1) is 23.5 Å². The minimum Gasteiger partial charge on any atom is -0.578 e. The summed E-state index contributed by atoms with van der Waals surface area (Å²) < 4.78 is 0. The SMILES string of the molecule is [CH2-]/C(=N\[N-]c1ccccc1)c1ccccc1.[Li+].[Li+]. The molecule has 0 aliphatic carbocycles. The molecule has 18 heavy (non-hydrogen) atoms. The van der Waals surface area contributed by atoms with Gasteiger partial charge in [0.2, 0.25) is 0 Å². The summed E-state index contributed by atoms with van der Waals surface area (Å²) in [5.74, 6) is 0. The average molecular weight is 222 g/mol. The van der Waals surface area contributed by atoms with Crippen molar-refractivity contribution in [2.24, 2.45) is 5.10 Å². The van der Waals surface area contributed by atoms with Crippen LogP contribution < -0.4 is 37.7 Å². The van der Waals surface area contributed by atoms with Crippen LogP contribution in [-0.4, -0.2) is 5.71 Å². The summed E-state index contributed by atoms with van der Waals surface area (Å²) in [6.07, 6.45) is 0. The van der Waals surface area contributed by atoms with Gasteiger partial charge < -0.3 is 10.5 Å². The smallest absolute Gasteiger partial charge is 0.578 e. The molecule has 0 spiro atoms. The molecule has 0 saturated carbocycles. The molecule has 0 aliphatic rings. The second-order valence-electron chi connectivity index (χ2n) is 3.35. The van der Waals surface area contributed by atoms with Gasteiger partial charge in [-0.25, -0.2) is 6.92 Å². The minimum atomic E-state index is 0. The van der Waals surface area contributed by atoms with Crippen molar-refractivity contribution < 1.29 is 37.7 Å². The molecule has 0 N–H and O–H groups in total. The Balaban J connectivity index is 0.00000144. The van der Waals surface area contributed by atoms with E-state index in [0.29, 0.717) is 5.71 Å². The molecule has 0 aliphatic heterocycles. The second kappa shape index (κ2) is 8.98. The normalized spacial score (nSPS) is 9.89. The van der Waals surface area contributed by atoms with E-state index in [9.17, 15) is 0 Å². The Hall–Kier alpha value is -1.03. The van der Waals surface area contributed by atoms with Crippen molar-refractivity contribution in [3.8, 4) is 0 Å². The van der Waals surface area contributed by atoms with Crippen molar-refractivity contribution >= 4 is 11.4 Å². The van der Waals surface area contributed by atoms with E-state index in [0.717, 1.165) is 11.3 Å². The maximum atomic E-state index is 4.11. The maximum absolute atomic E-state index is 4.11. The summed E-state index contributed by atoms with van der Waals surface area (Å²) in [5, 5.41) is 4.10. The van der Waals surface area contributed by atoms with Crippen LogP contribution in [0.5, 0.6) is 0 Å². The van der Waals surface area contributed by atoms with Gasteiger partial charge >= 0.3 is 37.7 Å². The van der Waals surface area contributed by atoms with Crippen LogP contribution >= 0.6 is 0 Å². The van der Waals surface area contributed by atoms with Gasteiger partial charge in [-0.1, -0.05) is 48.5 Å². The van der Waals surface area contributed by atoms with Crippen molar-refractivity contribution in [3.63, 3.8) is 0 Å². The van der Waals surface area contributed by atoms with E-state index in [2.05, 4.69) is 17.5 Å². The zero-order chi connectivity index (χ0) is 11.2. The molecule has 2 nitrogen and oxygen atoms in total. The Morgan fingerprint density at radius 1 is 0.833 bits per heavy atom. The van der Waals surface area contributed by atoms with E-state index in [-0.39, 0.29) is 37.7 Å². The minimum absolute atomic E-state index is 0. The first-order valence-corrected chi connectivity index (χ1v) is 5.07. The second-order valence-corrected chi connectivity index (χ2v) is 3.35. The van der Waals surface area contributed by atoms with Gasteiger partial charge in [0.05, 0.1) is 0 Å². The van der Waals surface area contributed by atoms with Gasteiger partial charge in [0.1, 0.15) is 0 Å². The number of hydrogen-bond donors (Lipinski definition) is 0. The predicted octanol–water partition coefficient (Wildman–Crippen LogP) is -2.06. The topological polar surface area (TPSA) is 26.5 Å². The fourth-order valence-corrected chi connectivity index (χ4v) is 1.30. The summed E-state index contributed by atoms with van der Waals surface area (Å²) in [7, 11) is 0. The van der Waals surface area contributed by atoms with Crippen molar-refractivity contribution in [1.29, 1.82) is 0 Å². The Labute approximate surface area is 132 Å². The zero-order valence-electron chi connectivity index (χ0n) is 10.9. The molecule has 0 atom stereocenters. The molecule has 2 aromatic carbocycles. The first-order chi connectivity index (χ1) is 7.86. The van der Waals surface area contributed by atoms with Crippen LogP contribution in [0.15, 0.2) is 65.8 Å². The molecular weight excluding hydrogens is 210 g/mol. The van der Waals surface area contributed by atoms with E-state index in [4.69, 9.17) is 0 Å². The summed E-state index contributed by atoms with van der Waals surface area (Å²) in [4.78, 5) is 0. The van der Waals surface area contributed by atoms with E-state index in [1.54, 1.807) is 0 Å². The first-order valence-electron chi connectivity index (χ1n) is 5.07. The molecule has 2 aromatic rings. The Kier molecular flexibility index (Phi) is 8.47. The predicted molar refractivity (Wildman–Crippen MR) is 67.8 cm³/mol. The van der Waals surface area contributed by atoms with Crippen LogP contribution in [0.4, 0.5) is 5.69 Å². The Bertz CT molecular complexity index is 470. The Morgan fingerprint density at radius 2 is 1.33 bits per heavy atom. The molecule has 0 radical (unpaired) electrons. The van der Waals surface area contributed by atoms with Crippen molar-refractivity contribution in [3.05, 3.63) is 78.6 Å². The standard InChI is InChI=1S/C14H12N2.2Li/c1-12(13-8-4-2-5-9-13)15-16-14-10-6-3-7-11-14;;/h2-11H,1H2;;/q-2;2*+1/b15-12+;;. The third-order valence-corrected chi connectivity index (χ3v) is 2.15. The van der Waals surface area contributed by atoms with Crippen LogP contribution in [0.3, 0.4) is 0 Å². The fourth-order valence-electron chi connectivity index (χ4n) is 1.30. The van der Waals surface area contributed by atoms with E-state index in [1.165, 1.54) is 0 Å². The van der Waals surface area contributed by atoms with Crippen LogP contribution in [0, 0.1) is 6.92 Å². The summed E-state index contributed by atoms with van der Waals surface area (Å²) >= 11 is 0. The Morgan fingerprint density at radius 3 is 1.89 bits per heavy atom. The fraction of sp³-hybridized carbons (Fsp3) is 0. The summed E-state index contributed by atoms with van der Waals surface area (Å²) in [6.45, 7) is 3.88. The van der Waals surface area contributed by atoms with Gasteiger partial charge in [-0.2, -0.15) is 5.56 Å². The average Bonchev–Trinajstić information content (AvgIpc) is 2.38. The van der Waals surface area contributed by atoms with Gasteiger partial charge in [0, 0.05) is 0 Å². The van der Waals surface area contributed by atoms with Crippen LogP contribution in [-0.2, 0) is 0 Å². The largest absolute Gasteiger partial charge is 1.00 e. The molecule has 0 amide bonds. The number of hydrogen-bond acceptors (Lipinski definition) is 1. The van der Waals surface area contributed by atoms with Crippen molar-refractivity contribution in [1.82, 2.24) is 0 Å².